The summed E-state index contributed by atoms with van der Waals surface area (Å²) in [5.74, 6) is 7.42. The van der Waals surface area contributed by atoms with E-state index < -0.39 is 0 Å². The molecular weight excluding hydrogens is 255 g/mol. The van der Waals surface area contributed by atoms with Crippen molar-refractivity contribution in [1.82, 2.24) is 5.43 Å². The average Bonchev–Trinajstić information content (AvgIpc) is 2.48. The molecule has 0 spiro atoms. The monoisotopic (exact) mass is 280 g/mol. The van der Waals surface area contributed by atoms with Gasteiger partial charge >= 0.3 is 0 Å². The Labute approximate surface area is 120 Å². The molecule has 1 aliphatic rings. The molecule has 1 aromatic rings. The first-order valence-corrected chi connectivity index (χ1v) is 7.49. The maximum absolute atomic E-state index is 13.6. The minimum atomic E-state index is -0.246. The first kappa shape index (κ1) is 15.3. The highest BCUT2D eigenvalue weighted by atomic mass is 19.1. The molecule has 20 heavy (non-hydrogen) atoms. The summed E-state index contributed by atoms with van der Waals surface area (Å²) in [6.07, 6.45) is 5.99. The molecule has 0 aliphatic heterocycles. The summed E-state index contributed by atoms with van der Waals surface area (Å²) in [6, 6.07) is 4.59. The lowest BCUT2D eigenvalue weighted by Crippen LogP contribution is -2.36. The number of nitrogens with one attached hydrogen (secondary N) is 1. The van der Waals surface area contributed by atoms with Gasteiger partial charge in [-0.1, -0.05) is 26.2 Å². The van der Waals surface area contributed by atoms with Gasteiger partial charge in [-0.2, -0.15) is 0 Å². The summed E-state index contributed by atoms with van der Waals surface area (Å²) in [6.45, 7) is 2.24. The van der Waals surface area contributed by atoms with Crippen molar-refractivity contribution in [2.75, 3.05) is 7.11 Å². The van der Waals surface area contributed by atoms with Gasteiger partial charge in [0.15, 0.2) is 0 Å². The highest BCUT2D eigenvalue weighted by Gasteiger charge is 2.30. The van der Waals surface area contributed by atoms with Crippen LogP contribution in [0.25, 0.3) is 0 Å². The van der Waals surface area contributed by atoms with Gasteiger partial charge < -0.3 is 4.74 Å². The van der Waals surface area contributed by atoms with E-state index in [2.05, 4.69) is 12.3 Å². The average molecular weight is 280 g/mol. The van der Waals surface area contributed by atoms with Gasteiger partial charge in [0.05, 0.1) is 13.2 Å². The Balaban J connectivity index is 2.25. The highest BCUT2D eigenvalue weighted by Crippen LogP contribution is 2.40. The van der Waals surface area contributed by atoms with E-state index in [1.807, 2.05) is 0 Å². The van der Waals surface area contributed by atoms with Crippen molar-refractivity contribution < 1.29 is 9.13 Å². The molecule has 3 nitrogen and oxygen atoms in total. The van der Waals surface area contributed by atoms with Crippen molar-refractivity contribution in [2.45, 2.75) is 45.1 Å². The van der Waals surface area contributed by atoms with Crippen molar-refractivity contribution >= 4 is 0 Å². The molecule has 3 N–H and O–H groups in total. The molecule has 112 valence electrons. The molecule has 2 rings (SSSR count). The van der Waals surface area contributed by atoms with E-state index in [0.717, 1.165) is 24.3 Å². The third-order valence-corrected chi connectivity index (χ3v) is 4.58. The van der Waals surface area contributed by atoms with Gasteiger partial charge in [0.2, 0.25) is 0 Å². The van der Waals surface area contributed by atoms with Gasteiger partial charge in [-0.05, 0) is 42.9 Å². The minimum Gasteiger partial charge on any atom is -0.496 e. The van der Waals surface area contributed by atoms with Crippen LogP contribution in [-0.4, -0.2) is 7.11 Å². The Morgan fingerprint density at radius 2 is 2.25 bits per heavy atom. The number of hydrogen-bond donors (Lipinski definition) is 2. The highest BCUT2D eigenvalue weighted by molar-refractivity contribution is 5.37. The molecule has 3 unspecified atom stereocenters. The van der Waals surface area contributed by atoms with Gasteiger partial charge in [-0.15, -0.1) is 0 Å². The lowest BCUT2D eigenvalue weighted by molar-refractivity contribution is 0.207. The van der Waals surface area contributed by atoms with Crippen molar-refractivity contribution in [3.8, 4) is 5.75 Å². The number of methoxy groups -OCH3 is 1. The second kappa shape index (κ2) is 7.04. The van der Waals surface area contributed by atoms with Gasteiger partial charge in [-0.3, -0.25) is 11.3 Å². The summed E-state index contributed by atoms with van der Waals surface area (Å²) in [4.78, 5) is 0. The molecule has 0 bridgehead atoms. The largest absolute Gasteiger partial charge is 0.496 e. The van der Waals surface area contributed by atoms with E-state index in [1.165, 1.54) is 25.3 Å². The van der Waals surface area contributed by atoms with E-state index in [4.69, 9.17) is 10.6 Å². The number of rotatable bonds is 5. The van der Waals surface area contributed by atoms with E-state index in [1.54, 1.807) is 19.2 Å². The molecule has 0 saturated heterocycles. The van der Waals surface area contributed by atoms with Crippen LogP contribution in [-0.2, 0) is 0 Å². The molecule has 1 saturated carbocycles. The van der Waals surface area contributed by atoms with Gasteiger partial charge in [0.1, 0.15) is 11.6 Å². The van der Waals surface area contributed by atoms with Gasteiger partial charge in [-0.25, -0.2) is 4.39 Å². The van der Waals surface area contributed by atoms with E-state index >= 15 is 0 Å². The van der Waals surface area contributed by atoms with Gasteiger partial charge in [0.25, 0.3) is 0 Å². The molecule has 1 fully saturated rings. The number of halogens is 1. The van der Waals surface area contributed by atoms with E-state index in [0.29, 0.717) is 11.7 Å². The smallest absolute Gasteiger partial charge is 0.123 e. The number of benzene rings is 1. The summed E-state index contributed by atoms with van der Waals surface area (Å²) < 4.78 is 18.9. The predicted octanol–water partition coefficient (Wildman–Crippen LogP) is 3.56. The Hall–Kier alpha value is -1.13. The summed E-state index contributed by atoms with van der Waals surface area (Å²) >= 11 is 0. The molecule has 0 amide bonds. The van der Waals surface area contributed by atoms with Crippen molar-refractivity contribution in [1.29, 1.82) is 0 Å². The van der Waals surface area contributed by atoms with E-state index in [-0.39, 0.29) is 11.9 Å². The van der Waals surface area contributed by atoms with E-state index in [9.17, 15) is 4.39 Å². The molecule has 0 aromatic heterocycles. The second-order valence-electron chi connectivity index (χ2n) is 5.73. The van der Waals surface area contributed by atoms with Crippen LogP contribution < -0.4 is 16.0 Å². The molecule has 0 heterocycles. The van der Waals surface area contributed by atoms with Crippen LogP contribution in [0.1, 0.15) is 50.6 Å². The van der Waals surface area contributed by atoms with Crippen molar-refractivity contribution in [2.24, 2.45) is 17.7 Å². The van der Waals surface area contributed by atoms with Crippen LogP contribution in [0, 0.1) is 17.7 Å². The zero-order valence-electron chi connectivity index (χ0n) is 12.4. The minimum absolute atomic E-state index is 0.0463. The number of hydrogen-bond acceptors (Lipinski definition) is 3. The van der Waals surface area contributed by atoms with Crippen LogP contribution in [0.15, 0.2) is 18.2 Å². The number of hydrazine groups is 1. The quantitative estimate of drug-likeness (QED) is 0.640. The standard InChI is InChI=1S/C16H25FN2O/c1-3-11-5-4-6-12(9-11)16(19-18)14-10-13(17)7-8-15(14)20-2/h7-8,10-12,16,19H,3-6,9,18H2,1-2H3. The maximum atomic E-state index is 13.6. The third-order valence-electron chi connectivity index (χ3n) is 4.58. The summed E-state index contributed by atoms with van der Waals surface area (Å²) in [5, 5.41) is 0. The maximum Gasteiger partial charge on any atom is 0.123 e. The zero-order chi connectivity index (χ0) is 14.5. The Morgan fingerprint density at radius 1 is 1.45 bits per heavy atom. The fourth-order valence-electron chi connectivity index (χ4n) is 3.43. The second-order valence-corrected chi connectivity index (χ2v) is 5.73. The van der Waals surface area contributed by atoms with Crippen LogP contribution in [0.2, 0.25) is 0 Å². The molecule has 1 aliphatic carbocycles. The first-order valence-electron chi connectivity index (χ1n) is 7.49. The van der Waals surface area contributed by atoms with Crippen LogP contribution in [0.3, 0.4) is 0 Å². The lowest BCUT2D eigenvalue weighted by atomic mass is 9.75. The SMILES string of the molecule is CCC1CCCC(C(NN)c2cc(F)ccc2OC)C1. The molecule has 0 radical (unpaired) electrons. The fourth-order valence-corrected chi connectivity index (χ4v) is 3.43. The Bertz CT molecular complexity index is 438. The van der Waals surface area contributed by atoms with Crippen molar-refractivity contribution in [3.63, 3.8) is 0 Å². The topological polar surface area (TPSA) is 47.3 Å². The van der Waals surface area contributed by atoms with Crippen molar-refractivity contribution in [3.05, 3.63) is 29.6 Å². The summed E-state index contributed by atoms with van der Waals surface area (Å²) in [5.41, 5.74) is 3.72. The molecule has 4 heteroatoms. The fraction of sp³-hybridized carbons (Fsp3) is 0.625. The normalized spacial score (nSPS) is 24.4. The Morgan fingerprint density at radius 3 is 2.90 bits per heavy atom. The van der Waals surface area contributed by atoms with Crippen LogP contribution >= 0.6 is 0 Å². The molecule has 3 atom stereocenters. The van der Waals surface area contributed by atoms with Crippen LogP contribution in [0.5, 0.6) is 5.75 Å². The number of nitrogens with two attached hydrogens (primary N) is 1. The first-order chi connectivity index (χ1) is 9.69. The molecular formula is C16H25FN2O. The van der Waals surface area contributed by atoms with Gasteiger partial charge in [0, 0.05) is 5.56 Å². The third kappa shape index (κ3) is 3.30. The number of ether oxygens (including phenoxy) is 1. The Kier molecular flexibility index (Phi) is 5.38. The lowest BCUT2D eigenvalue weighted by Gasteiger charge is -2.34. The predicted molar refractivity (Wildman–Crippen MR) is 78.8 cm³/mol. The zero-order valence-corrected chi connectivity index (χ0v) is 12.4. The summed E-state index contributed by atoms with van der Waals surface area (Å²) in [7, 11) is 1.61. The molecule has 1 aromatic carbocycles. The van der Waals surface area contributed by atoms with Crippen LogP contribution in [0.4, 0.5) is 4.39 Å².